The smallest absolute Gasteiger partial charge is 0.0469 e. The van der Waals surface area contributed by atoms with Crippen molar-refractivity contribution in [2.24, 2.45) is 11.8 Å². The van der Waals surface area contributed by atoms with Crippen LogP contribution in [0, 0.1) is 11.8 Å². The number of nitrogens with one attached hydrogen (secondary N) is 1. The molecule has 2 aliphatic heterocycles. The molecule has 128 valence electrons. The molecule has 1 aromatic carbocycles. The molecule has 0 bridgehead atoms. The van der Waals surface area contributed by atoms with Gasteiger partial charge >= 0.3 is 0 Å². The zero-order valence-corrected chi connectivity index (χ0v) is 14.0. The van der Waals surface area contributed by atoms with Crippen LogP contribution in [0.15, 0.2) is 24.3 Å². The molecule has 0 saturated carbocycles. The summed E-state index contributed by atoms with van der Waals surface area (Å²) in [6.07, 6.45) is 4.59. The monoisotopic (exact) mass is 318 g/mol. The lowest BCUT2D eigenvalue weighted by Gasteiger charge is -2.31. The van der Waals surface area contributed by atoms with E-state index in [0.29, 0.717) is 12.5 Å². The van der Waals surface area contributed by atoms with Crippen LogP contribution < -0.4 is 5.32 Å². The van der Waals surface area contributed by atoms with Crippen molar-refractivity contribution in [1.82, 2.24) is 4.90 Å². The lowest BCUT2D eigenvalue weighted by Crippen LogP contribution is -2.34. The minimum absolute atomic E-state index is 0.347. The van der Waals surface area contributed by atoms with Gasteiger partial charge in [-0.25, -0.2) is 0 Å². The number of benzene rings is 1. The van der Waals surface area contributed by atoms with Gasteiger partial charge in [0.2, 0.25) is 0 Å². The van der Waals surface area contributed by atoms with Crippen molar-refractivity contribution in [3.05, 3.63) is 29.8 Å². The van der Waals surface area contributed by atoms with Crippen LogP contribution in [-0.4, -0.2) is 49.5 Å². The maximum atomic E-state index is 9.24. The molecule has 2 heterocycles. The summed E-state index contributed by atoms with van der Waals surface area (Å²) in [7, 11) is 0. The van der Waals surface area contributed by atoms with Crippen molar-refractivity contribution < 1.29 is 9.84 Å². The van der Waals surface area contributed by atoms with Crippen LogP contribution in [0.2, 0.25) is 0 Å². The van der Waals surface area contributed by atoms with Crippen LogP contribution in [0.4, 0.5) is 5.69 Å². The van der Waals surface area contributed by atoms with Crippen molar-refractivity contribution in [3.63, 3.8) is 0 Å². The minimum atomic E-state index is 0.347. The predicted molar refractivity (Wildman–Crippen MR) is 93.6 cm³/mol. The average molecular weight is 318 g/mol. The first-order valence-electron chi connectivity index (χ1n) is 9.07. The van der Waals surface area contributed by atoms with Crippen LogP contribution in [0.1, 0.15) is 31.2 Å². The Kier molecular flexibility index (Phi) is 6.31. The van der Waals surface area contributed by atoms with E-state index >= 15 is 0 Å². The predicted octanol–water partition coefficient (Wildman–Crippen LogP) is 2.73. The summed E-state index contributed by atoms with van der Waals surface area (Å²) in [6.45, 7) is 6.45. The largest absolute Gasteiger partial charge is 0.396 e. The first-order chi connectivity index (χ1) is 11.3. The van der Waals surface area contributed by atoms with Crippen LogP contribution in [0.5, 0.6) is 0 Å². The van der Waals surface area contributed by atoms with Crippen LogP contribution in [-0.2, 0) is 11.3 Å². The molecule has 0 aliphatic carbocycles. The molecule has 0 radical (unpaired) electrons. The van der Waals surface area contributed by atoms with Crippen molar-refractivity contribution in [2.75, 3.05) is 44.8 Å². The minimum Gasteiger partial charge on any atom is -0.396 e. The zero-order valence-electron chi connectivity index (χ0n) is 14.0. The molecular formula is C19H30N2O2. The maximum absolute atomic E-state index is 9.24. The molecule has 1 aromatic rings. The summed E-state index contributed by atoms with van der Waals surface area (Å²) in [4.78, 5) is 2.50. The maximum Gasteiger partial charge on any atom is 0.0469 e. The SMILES string of the molecule is OCC1CCN(Cc2cccc(NCC3CCOCC3)c2)CC1. The number of ether oxygens (including phenoxy) is 1. The molecule has 2 aliphatic rings. The fourth-order valence-electron chi connectivity index (χ4n) is 3.58. The highest BCUT2D eigenvalue weighted by Gasteiger charge is 2.18. The van der Waals surface area contributed by atoms with E-state index in [9.17, 15) is 5.11 Å². The second-order valence-electron chi connectivity index (χ2n) is 7.04. The Hall–Kier alpha value is -1.10. The lowest BCUT2D eigenvalue weighted by molar-refractivity contribution is 0.0699. The molecule has 0 atom stereocenters. The van der Waals surface area contributed by atoms with Gasteiger partial charge in [0.05, 0.1) is 0 Å². The highest BCUT2D eigenvalue weighted by molar-refractivity contribution is 5.45. The molecule has 0 spiro atoms. The Balaban J connectivity index is 1.47. The Morgan fingerprint density at radius 3 is 2.61 bits per heavy atom. The summed E-state index contributed by atoms with van der Waals surface area (Å²) < 4.78 is 5.42. The van der Waals surface area contributed by atoms with Crippen molar-refractivity contribution in [3.8, 4) is 0 Å². The number of aliphatic hydroxyl groups is 1. The Labute approximate surface area is 139 Å². The molecule has 23 heavy (non-hydrogen) atoms. The molecule has 0 aromatic heterocycles. The van der Waals surface area contributed by atoms with Crippen molar-refractivity contribution in [1.29, 1.82) is 0 Å². The quantitative estimate of drug-likeness (QED) is 0.846. The number of nitrogens with zero attached hydrogens (tertiary/aromatic N) is 1. The number of likely N-dealkylation sites (tertiary alicyclic amines) is 1. The second-order valence-corrected chi connectivity index (χ2v) is 7.04. The van der Waals surface area contributed by atoms with Gasteiger partial charge in [-0.1, -0.05) is 12.1 Å². The fraction of sp³-hybridized carbons (Fsp3) is 0.684. The summed E-state index contributed by atoms with van der Waals surface area (Å²) in [5.41, 5.74) is 2.61. The van der Waals surface area contributed by atoms with E-state index in [2.05, 4.69) is 34.5 Å². The van der Waals surface area contributed by atoms with Crippen LogP contribution in [0.25, 0.3) is 0 Å². The number of anilines is 1. The summed E-state index contributed by atoms with van der Waals surface area (Å²) in [5, 5.41) is 12.8. The third-order valence-corrected chi connectivity index (χ3v) is 5.23. The first-order valence-corrected chi connectivity index (χ1v) is 9.07. The van der Waals surface area contributed by atoms with E-state index in [0.717, 1.165) is 58.2 Å². The number of hydrogen-bond acceptors (Lipinski definition) is 4. The molecule has 2 saturated heterocycles. The Morgan fingerprint density at radius 1 is 1.09 bits per heavy atom. The number of piperidine rings is 1. The van der Waals surface area contributed by atoms with Gasteiger partial charge in [0, 0.05) is 38.6 Å². The van der Waals surface area contributed by atoms with Crippen LogP contribution >= 0.6 is 0 Å². The highest BCUT2D eigenvalue weighted by Crippen LogP contribution is 2.20. The van der Waals surface area contributed by atoms with Gasteiger partial charge in [0.1, 0.15) is 0 Å². The van der Waals surface area contributed by atoms with Gasteiger partial charge in [0.15, 0.2) is 0 Å². The average Bonchev–Trinajstić information content (AvgIpc) is 2.62. The van der Waals surface area contributed by atoms with E-state index in [-0.39, 0.29) is 0 Å². The summed E-state index contributed by atoms with van der Waals surface area (Å²) in [5.74, 6) is 1.25. The van der Waals surface area contributed by atoms with Crippen molar-refractivity contribution in [2.45, 2.75) is 32.2 Å². The molecule has 4 nitrogen and oxygen atoms in total. The zero-order chi connectivity index (χ0) is 15.9. The van der Waals surface area contributed by atoms with Gasteiger partial charge in [-0.05, 0) is 68.3 Å². The molecular weight excluding hydrogens is 288 g/mol. The van der Waals surface area contributed by atoms with Gasteiger partial charge in [-0.3, -0.25) is 4.90 Å². The third kappa shape index (κ3) is 5.20. The van der Waals surface area contributed by atoms with E-state index in [1.54, 1.807) is 0 Å². The number of hydrogen-bond donors (Lipinski definition) is 2. The molecule has 4 heteroatoms. The van der Waals surface area contributed by atoms with Gasteiger partial charge in [0.25, 0.3) is 0 Å². The number of aliphatic hydroxyl groups excluding tert-OH is 1. The van der Waals surface area contributed by atoms with Gasteiger partial charge < -0.3 is 15.2 Å². The summed E-state index contributed by atoms with van der Waals surface area (Å²) >= 11 is 0. The first kappa shape index (κ1) is 16.7. The molecule has 2 fully saturated rings. The molecule has 0 amide bonds. The van der Waals surface area contributed by atoms with Gasteiger partial charge in [-0.2, -0.15) is 0 Å². The van der Waals surface area contributed by atoms with E-state index in [1.807, 2.05) is 0 Å². The lowest BCUT2D eigenvalue weighted by atomic mass is 9.97. The third-order valence-electron chi connectivity index (χ3n) is 5.23. The van der Waals surface area contributed by atoms with E-state index in [1.165, 1.54) is 24.1 Å². The molecule has 2 N–H and O–H groups in total. The summed E-state index contributed by atoms with van der Waals surface area (Å²) in [6, 6.07) is 8.83. The van der Waals surface area contributed by atoms with E-state index in [4.69, 9.17) is 4.74 Å². The van der Waals surface area contributed by atoms with E-state index < -0.39 is 0 Å². The molecule has 3 rings (SSSR count). The fourth-order valence-corrected chi connectivity index (χ4v) is 3.58. The second kappa shape index (κ2) is 8.67. The Bertz CT molecular complexity index is 466. The van der Waals surface area contributed by atoms with Gasteiger partial charge in [-0.15, -0.1) is 0 Å². The highest BCUT2D eigenvalue weighted by atomic mass is 16.5. The molecule has 0 unspecified atom stereocenters. The number of rotatable bonds is 6. The van der Waals surface area contributed by atoms with Crippen LogP contribution in [0.3, 0.4) is 0 Å². The standard InChI is InChI=1S/C19H30N2O2/c22-15-17-4-8-21(9-5-17)14-18-2-1-3-19(12-18)20-13-16-6-10-23-11-7-16/h1-3,12,16-17,20,22H,4-11,13-15H2. The normalized spacial score (nSPS) is 21.4. The topological polar surface area (TPSA) is 44.7 Å². The van der Waals surface area contributed by atoms with Crippen molar-refractivity contribution >= 4 is 5.69 Å². The Morgan fingerprint density at radius 2 is 1.87 bits per heavy atom.